The van der Waals surface area contributed by atoms with Crippen LogP contribution in [0, 0.1) is 0 Å². The summed E-state index contributed by atoms with van der Waals surface area (Å²) in [6.45, 7) is 8.25. The molecule has 26 heavy (non-hydrogen) atoms. The highest BCUT2D eigenvalue weighted by molar-refractivity contribution is 5.92. The predicted molar refractivity (Wildman–Crippen MR) is 104 cm³/mol. The first-order chi connectivity index (χ1) is 12.6. The maximum atomic E-state index is 12.6. The largest absolute Gasteiger partial charge is 0.335 e. The van der Waals surface area contributed by atoms with Gasteiger partial charge in [0.05, 0.1) is 5.69 Å². The molecular formula is C21H26N4O. The fourth-order valence-corrected chi connectivity index (χ4v) is 2.96. The molecule has 1 saturated heterocycles. The van der Waals surface area contributed by atoms with Crippen molar-refractivity contribution in [2.24, 2.45) is 0 Å². The maximum absolute atomic E-state index is 12.6. The van der Waals surface area contributed by atoms with Gasteiger partial charge in [-0.2, -0.15) is 5.10 Å². The first-order valence-electron chi connectivity index (χ1n) is 9.20. The molecular weight excluding hydrogens is 324 g/mol. The van der Waals surface area contributed by atoms with Crippen LogP contribution in [0.1, 0.15) is 41.5 Å². The zero-order valence-corrected chi connectivity index (χ0v) is 15.5. The quantitative estimate of drug-likeness (QED) is 0.831. The molecule has 1 aliphatic rings. The molecule has 1 aromatic carbocycles. The Bertz CT molecular complexity index is 732. The second-order valence-corrected chi connectivity index (χ2v) is 6.90. The minimum atomic E-state index is -0.0210. The third kappa shape index (κ3) is 4.76. The molecule has 0 N–H and O–H groups in total. The third-order valence-corrected chi connectivity index (χ3v) is 4.63. The van der Waals surface area contributed by atoms with Crippen molar-refractivity contribution in [1.29, 1.82) is 0 Å². The van der Waals surface area contributed by atoms with Crippen LogP contribution in [-0.2, 0) is 0 Å². The van der Waals surface area contributed by atoms with E-state index in [0.29, 0.717) is 11.6 Å². The van der Waals surface area contributed by atoms with Gasteiger partial charge in [-0.1, -0.05) is 56.3 Å². The van der Waals surface area contributed by atoms with Crippen LogP contribution in [-0.4, -0.2) is 58.6 Å². The highest BCUT2D eigenvalue weighted by Gasteiger charge is 2.22. The summed E-state index contributed by atoms with van der Waals surface area (Å²) in [5.74, 6) is 0.298. The third-order valence-electron chi connectivity index (χ3n) is 4.63. The van der Waals surface area contributed by atoms with Gasteiger partial charge in [0.1, 0.15) is 0 Å². The Balaban J connectivity index is 1.48. The lowest BCUT2D eigenvalue weighted by Gasteiger charge is -2.33. The van der Waals surface area contributed by atoms with Gasteiger partial charge in [0.25, 0.3) is 5.91 Å². The van der Waals surface area contributed by atoms with Gasteiger partial charge < -0.3 is 4.90 Å². The van der Waals surface area contributed by atoms with Crippen LogP contribution >= 0.6 is 0 Å². The van der Waals surface area contributed by atoms with Gasteiger partial charge in [-0.3, -0.25) is 9.69 Å². The van der Waals surface area contributed by atoms with Crippen LogP contribution in [0.5, 0.6) is 0 Å². The van der Waals surface area contributed by atoms with Gasteiger partial charge in [-0.15, -0.1) is 5.10 Å². The second kappa shape index (κ2) is 8.72. The maximum Gasteiger partial charge on any atom is 0.274 e. The fourth-order valence-electron chi connectivity index (χ4n) is 2.96. The number of aromatic nitrogens is 2. The summed E-state index contributed by atoms with van der Waals surface area (Å²) < 4.78 is 0. The Morgan fingerprint density at radius 2 is 1.77 bits per heavy atom. The molecule has 1 aliphatic heterocycles. The van der Waals surface area contributed by atoms with Crippen LogP contribution < -0.4 is 0 Å². The van der Waals surface area contributed by atoms with E-state index in [4.69, 9.17) is 0 Å². The van der Waals surface area contributed by atoms with Crippen LogP contribution in [0.15, 0.2) is 48.5 Å². The molecule has 1 aromatic heterocycles. The summed E-state index contributed by atoms with van der Waals surface area (Å²) in [6, 6.07) is 14.0. The van der Waals surface area contributed by atoms with Crippen molar-refractivity contribution >= 4 is 12.0 Å². The summed E-state index contributed by atoms with van der Waals surface area (Å²) >= 11 is 0. The Kier molecular flexibility index (Phi) is 6.12. The van der Waals surface area contributed by atoms with Crippen LogP contribution in [0.3, 0.4) is 0 Å². The van der Waals surface area contributed by atoms with Crippen molar-refractivity contribution in [3.63, 3.8) is 0 Å². The standard InChI is InChI=1S/C21H26N4O/c1-17(2)19-10-11-20(23-22-19)21(26)25-15-13-24(14-16-25)12-6-9-18-7-4-3-5-8-18/h3-11,17H,12-16H2,1-2H3/b9-6+. The van der Waals surface area contributed by atoms with E-state index in [1.165, 1.54) is 5.56 Å². The summed E-state index contributed by atoms with van der Waals surface area (Å²) in [5.41, 5.74) is 2.56. The van der Waals surface area contributed by atoms with E-state index in [1.807, 2.05) is 29.2 Å². The molecule has 0 saturated carbocycles. The molecule has 0 bridgehead atoms. The molecule has 5 nitrogen and oxygen atoms in total. The molecule has 0 radical (unpaired) electrons. The summed E-state index contributed by atoms with van der Waals surface area (Å²) in [4.78, 5) is 16.8. The van der Waals surface area contributed by atoms with Crippen molar-refractivity contribution < 1.29 is 4.79 Å². The van der Waals surface area contributed by atoms with Gasteiger partial charge in [0.2, 0.25) is 0 Å². The number of rotatable bonds is 5. The van der Waals surface area contributed by atoms with Crippen LogP contribution in [0.4, 0.5) is 0 Å². The molecule has 2 aromatic rings. The first kappa shape index (κ1) is 18.3. The molecule has 0 aliphatic carbocycles. The number of amides is 1. The van der Waals surface area contributed by atoms with Crippen molar-refractivity contribution in [3.05, 3.63) is 65.5 Å². The monoisotopic (exact) mass is 350 g/mol. The predicted octanol–water partition coefficient (Wildman–Crippen LogP) is 3.07. The summed E-state index contributed by atoms with van der Waals surface area (Å²) in [7, 11) is 0. The molecule has 136 valence electrons. The first-order valence-corrected chi connectivity index (χ1v) is 9.20. The Labute approximate surface area is 155 Å². The van der Waals surface area contributed by atoms with Gasteiger partial charge >= 0.3 is 0 Å². The van der Waals surface area contributed by atoms with Crippen LogP contribution in [0.2, 0.25) is 0 Å². The van der Waals surface area contributed by atoms with E-state index in [0.717, 1.165) is 38.4 Å². The molecule has 0 spiro atoms. The average molecular weight is 350 g/mol. The number of benzene rings is 1. The molecule has 1 fully saturated rings. The zero-order chi connectivity index (χ0) is 18.4. The Morgan fingerprint density at radius 3 is 2.38 bits per heavy atom. The number of hydrogen-bond acceptors (Lipinski definition) is 4. The number of nitrogens with zero attached hydrogens (tertiary/aromatic N) is 4. The van der Waals surface area contributed by atoms with Gasteiger partial charge in [0.15, 0.2) is 5.69 Å². The lowest BCUT2D eigenvalue weighted by Crippen LogP contribution is -2.48. The van der Waals surface area contributed by atoms with Crippen molar-refractivity contribution in [2.75, 3.05) is 32.7 Å². The van der Waals surface area contributed by atoms with E-state index >= 15 is 0 Å². The normalized spacial score (nSPS) is 15.7. The Morgan fingerprint density at radius 1 is 1.04 bits per heavy atom. The fraction of sp³-hybridized carbons (Fsp3) is 0.381. The van der Waals surface area contributed by atoms with Gasteiger partial charge in [0, 0.05) is 32.7 Å². The smallest absolute Gasteiger partial charge is 0.274 e. The van der Waals surface area contributed by atoms with E-state index in [-0.39, 0.29) is 5.91 Å². The van der Waals surface area contributed by atoms with E-state index in [2.05, 4.69) is 53.2 Å². The topological polar surface area (TPSA) is 49.3 Å². The number of hydrogen-bond donors (Lipinski definition) is 0. The lowest BCUT2D eigenvalue weighted by atomic mass is 10.1. The van der Waals surface area contributed by atoms with E-state index < -0.39 is 0 Å². The van der Waals surface area contributed by atoms with Crippen molar-refractivity contribution in [3.8, 4) is 0 Å². The minimum absolute atomic E-state index is 0.0210. The molecule has 1 amide bonds. The lowest BCUT2D eigenvalue weighted by molar-refractivity contribution is 0.0643. The molecule has 0 unspecified atom stereocenters. The SMILES string of the molecule is CC(C)c1ccc(C(=O)N2CCN(C/C=C/c3ccccc3)CC2)nn1. The van der Waals surface area contributed by atoms with E-state index in [1.54, 1.807) is 6.07 Å². The molecule has 0 atom stereocenters. The highest BCUT2D eigenvalue weighted by atomic mass is 16.2. The zero-order valence-electron chi connectivity index (χ0n) is 15.5. The minimum Gasteiger partial charge on any atom is -0.335 e. The summed E-state index contributed by atoms with van der Waals surface area (Å²) in [6.07, 6.45) is 4.33. The highest BCUT2D eigenvalue weighted by Crippen LogP contribution is 2.12. The van der Waals surface area contributed by atoms with Gasteiger partial charge in [-0.05, 0) is 23.6 Å². The summed E-state index contributed by atoms with van der Waals surface area (Å²) in [5, 5.41) is 8.27. The molecule has 3 rings (SSSR count). The number of carbonyl (C=O) groups excluding carboxylic acids is 1. The van der Waals surface area contributed by atoms with Gasteiger partial charge in [-0.25, -0.2) is 0 Å². The van der Waals surface area contributed by atoms with Crippen molar-refractivity contribution in [1.82, 2.24) is 20.0 Å². The molecule has 5 heteroatoms. The second-order valence-electron chi connectivity index (χ2n) is 6.90. The number of carbonyl (C=O) groups is 1. The van der Waals surface area contributed by atoms with Crippen LogP contribution in [0.25, 0.3) is 6.08 Å². The molecule has 2 heterocycles. The average Bonchev–Trinajstić information content (AvgIpc) is 2.69. The number of piperazine rings is 1. The Hall–Kier alpha value is -2.53. The van der Waals surface area contributed by atoms with Crippen molar-refractivity contribution in [2.45, 2.75) is 19.8 Å². The van der Waals surface area contributed by atoms with E-state index in [9.17, 15) is 4.79 Å².